The van der Waals surface area contributed by atoms with Crippen LogP contribution >= 0.6 is 0 Å². The molecule has 3 rings (SSSR count). The number of hydrogen-bond donors (Lipinski definition) is 0. The van der Waals surface area contributed by atoms with Crippen LogP contribution in [-0.2, 0) is 6.54 Å². The number of benzene rings is 2. The minimum atomic E-state index is -0.365. The number of anilines is 1. The summed E-state index contributed by atoms with van der Waals surface area (Å²) in [6.07, 6.45) is 3.96. The summed E-state index contributed by atoms with van der Waals surface area (Å²) in [5, 5.41) is 10.9. The summed E-state index contributed by atoms with van der Waals surface area (Å²) in [4.78, 5) is 12.7. The average Bonchev–Trinajstić information content (AvgIpc) is 2.55. The molecule has 2 aromatic rings. The lowest BCUT2D eigenvalue weighted by molar-refractivity contribution is -0.384. The van der Waals surface area contributed by atoms with Crippen molar-refractivity contribution in [2.75, 3.05) is 18.6 Å². The molecule has 0 aromatic heterocycles. The van der Waals surface area contributed by atoms with Gasteiger partial charge in [-0.3, -0.25) is 10.1 Å². The van der Waals surface area contributed by atoms with Gasteiger partial charge < -0.3 is 9.64 Å². The average molecular weight is 296 g/mol. The number of nitrogens with zero attached hydrogens (tertiary/aromatic N) is 2. The summed E-state index contributed by atoms with van der Waals surface area (Å²) >= 11 is 0. The number of rotatable bonds is 4. The highest BCUT2D eigenvalue weighted by molar-refractivity contribution is 5.73. The number of fused-ring (bicyclic) bond motifs is 1. The van der Waals surface area contributed by atoms with Gasteiger partial charge in [-0.05, 0) is 23.8 Å². The maximum absolute atomic E-state index is 10.9. The minimum absolute atomic E-state index is 0.120. The monoisotopic (exact) mass is 296 g/mol. The van der Waals surface area contributed by atoms with Crippen molar-refractivity contribution in [1.82, 2.24) is 0 Å². The number of non-ortho nitro benzene ring substituents is 1. The highest BCUT2D eigenvalue weighted by Crippen LogP contribution is 2.30. The van der Waals surface area contributed by atoms with E-state index in [1.807, 2.05) is 42.5 Å². The Bertz CT molecular complexity index is 723. The first kappa shape index (κ1) is 14.1. The Morgan fingerprint density at radius 3 is 2.68 bits per heavy atom. The lowest BCUT2D eigenvalue weighted by atomic mass is 10.1. The van der Waals surface area contributed by atoms with Crippen molar-refractivity contribution in [3.05, 3.63) is 69.8 Å². The van der Waals surface area contributed by atoms with E-state index in [2.05, 4.69) is 4.90 Å². The Balaban J connectivity index is 1.84. The normalized spacial score (nSPS) is 12.9. The molecule has 2 aromatic carbocycles. The van der Waals surface area contributed by atoms with Crippen LogP contribution in [0.4, 0.5) is 11.4 Å². The van der Waals surface area contributed by atoms with E-state index in [-0.39, 0.29) is 10.6 Å². The van der Waals surface area contributed by atoms with E-state index >= 15 is 0 Å². The molecule has 22 heavy (non-hydrogen) atoms. The van der Waals surface area contributed by atoms with Gasteiger partial charge in [-0.15, -0.1) is 0 Å². The second-order valence-corrected chi connectivity index (χ2v) is 5.13. The first-order valence-electron chi connectivity index (χ1n) is 7.00. The van der Waals surface area contributed by atoms with E-state index in [1.54, 1.807) is 19.2 Å². The first-order valence-corrected chi connectivity index (χ1v) is 7.00. The van der Waals surface area contributed by atoms with E-state index in [0.717, 1.165) is 30.1 Å². The van der Waals surface area contributed by atoms with Gasteiger partial charge in [0.2, 0.25) is 0 Å². The molecule has 5 heteroatoms. The molecule has 0 bridgehead atoms. The SMILES string of the molecule is COc1ccc(CN2CC=Cc3cc([N+](=O)[O-])ccc32)cc1. The fourth-order valence-electron chi connectivity index (χ4n) is 2.58. The Morgan fingerprint density at radius 2 is 2.00 bits per heavy atom. The van der Waals surface area contributed by atoms with Gasteiger partial charge in [0.05, 0.1) is 12.0 Å². The molecule has 0 unspecified atom stereocenters. The quantitative estimate of drug-likeness (QED) is 0.638. The number of nitro groups is 1. The van der Waals surface area contributed by atoms with E-state index in [1.165, 1.54) is 5.56 Å². The molecule has 0 fully saturated rings. The summed E-state index contributed by atoms with van der Waals surface area (Å²) in [5.74, 6) is 0.832. The lowest BCUT2D eigenvalue weighted by Crippen LogP contribution is -2.25. The van der Waals surface area contributed by atoms with Gasteiger partial charge in [-0.1, -0.05) is 24.3 Å². The van der Waals surface area contributed by atoms with Crippen molar-refractivity contribution >= 4 is 17.5 Å². The fraction of sp³-hybridized carbons (Fsp3) is 0.176. The van der Waals surface area contributed by atoms with Crippen molar-refractivity contribution < 1.29 is 9.66 Å². The third-order valence-corrected chi connectivity index (χ3v) is 3.72. The number of ether oxygens (including phenoxy) is 1. The molecule has 1 heterocycles. The highest BCUT2D eigenvalue weighted by Gasteiger charge is 2.16. The molecule has 0 atom stereocenters. The van der Waals surface area contributed by atoms with Crippen LogP contribution in [0.2, 0.25) is 0 Å². The molecular weight excluding hydrogens is 280 g/mol. The van der Waals surface area contributed by atoms with Gasteiger partial charge in [0.25, 0.3) is 5.69 Å². The van der Waals surface area contributed by atoms with Gasteiger partial charge in [-0.2, -0.15) is 0 Å². The van der Waals surface area contributed by atoms with Crippen molar-refractivity contribution in [3.63, 3.8) is 0 Å². The highest BCUT2D eigenvalue weighted by atomic mass is 16.6. The summed E-state index contributed by atoms with van der Waals surface area (Å²) in [6.45, 7) is 1.54. The smallest absolute Gasteiger partial charge is 0.270 e. The number of methoxy groups -OCH3 is 1. The summed E-state index contributed by atoms with van der Waals surface area (Å²) in [6, 6.07) is 12.9. The summed E-state index contributed by atoms with van der Waals surface area (Å²) < 4.78 is 5.16. The van der Waals surface area contributed by atoms with Crippen molar-refractivity contribution in [1.29, 1.82) is 0 Å². The molecule has 1 aliphatic rings. The minimum Gasteiger partial charge on any atom is -0.497 e. The fourth-order valence-corrected chi connectivity index (χ4v) is 2.58. The summed E-state index contributed by atoms with van der Waals surface area (Å²) in [7, 11) is 1.65. The molecule has 0 saturated carbocycles. The van der Waals surface area contributed by atoms with Crippen molar-refractivity contribution in [3.8, 4) is 5.75 Å². The molecule has 0 spiro atoms. The van der Waals surface area contributed by atoms with Crippen molar-refractivity contribution in [2.45, 2.75) is 6.54 Å². The number of nitro benzene ring substituents is 1. The van der Waals surface area contributed by atoms with Gasteiger partial charge in [0.15, 0.2) is 0 Å². The van der Waals surface area contributed by atoms with Gasteiger partial charge >= 0.3 is 0 Å². The van der Waals surface area contributed by atoms with Crippen LogP contribution in [0.3, 0.4) is 0 Å². The molecule has 0 amide bonds. The number of hydrogen-bond acceptors (Lipinski definition) is 4. The zero-order valence-electron chi connectivity index (χ0n) is 12.2. The molecule has 0 N–H and O–H groups in total. The van der Waals surface area contributed by atoms with Crippen molar-refractivity contribution in [2.24, 2.45) is 0 Å². The Hall–Kier alpha value is -2.82. The van der Waals surface area contributed by atoms with Crippen LogP contribution in [0.5, 0.6) is 5.75 Å². The van der Waals surface area contributed by atoms with E-state index in [0.29, 0.717) is 0 Å². The van der Waals surface area contributed by atoms with Crippen LogP contribution < -0.4 is 9.64 Å². The molecule has 0 aliphatic carbocycles. The Morgan fingerprint density at radius 1 is 1.23 bits per heavy atom. The maximum atomic E-state index is 10.9. The van der Waals surface area contributed by atoms with Gasteiger partial charge in [0.1, 0.15) is 5.75 Å². The van der Waals surface area contributed by atoms with E-state index in [4.69, 9.17) is 4.74 Å². The third kappa shape index (κ3) is 2.79. The van der Waals surface area contributed by atoms with Gasteiger partial charge in [-0.25, -0.2) is 0 Å². The Kier molecular flexibility index (Phi) is 3.78. The first-order chi connectivity index (χ1) is 10.7. The largest absolute Gasteiger partial charge is 0.497 e. The van der Waals surface area contributed by atoms with E-state index < -0.39 is 0 Å². The van der Waals surface area contributed by atoms with Crippen LogP contribution in [0.1, 0.15) is 11.1 Å². The second-order valence-electron chi connectivity index (χ2n) is 5.13. The third-order valence-electron chi connectivity index (χ3n) is 3.72. The van der Waals surface area contributed by atoms with E-state index in [9.17, 15) is 10.1 Å². The topological polar surface area (TPSA) is 55.6 Å². The van der Waals surface area contributed by atoms with Crippen LogP contribution in [0.25, 0.3) is 6.08 Å². The van der Waals surface area contributed by atoms with Crippen LogP contribution in [0.15, 0.2) is 48.5 Å². The predicted octanol–water partition coefficient (Wildman–Crippen LogP) is 3.64. The zero-order valence-corrected chi connectivity index (χ0v) is 12.2. The van der Waals surface area contributed by atoms with Gasteiger partial charge in [0, 0.05) is 36.5 Å². The standard InChI is InChI=1S/C17H16N2O3/c1-22-16-7-4-13(5-8-16)12-18-10-2-3-14-11-15(19(20)21)6-9-17(14)18/h2-9,11H,10,12H2,1H3. The second kappa shape index (κ2) is 5.89. The zero-order chi connectivity index (χ0) is 15.5. The molecule has 1 aliphatic heterocycles. The summed E-state index contributed by atoms with van der Waals surface area (Å²) in [5.41, 5.74) is 3.19. The Labute approximate surface area is 128 Å². The van der Waals surface area contributed by atoms with Crippen LogP contribution in [0, 0.1) is 10.1 Å². The molecule has 112 valence electrons. The molecular formula is C17H16N2O3. The molecule has 0 saturated heterocycles. The van der Waals surface area contributed by atoms with Crippen LogP contribution in [-0.4, -0.2) is 18.6 Å². The molecule has 5 nitrogen and oxygen atoms in total. The predicted molar refractivity (Wildman–Crippen MR) is 86.2 cm³/mol. The lowest BCUT2D eigenvalue weighted by Gasteiger charge is -2.28. The maximum Gasteiger partial charge on any atom is 0.270 e. The molecule has 0 radical (unpaired) electrons.